The van der Waals surface area contributed by atoms with Gasteiger partial charge in [-0.3, -0.25) is 4.21 Å². The van der Waals surface area contributed by atoms with Crippen LogP contribution in [0.15, 0.2) is 48.5 Å². The van der Waals surface area contributed by atoms with Crippen LogP contribution in [0.2, 0.25) is 0 Å². The van der Waals surface area contributed by atoms with E-state index in [4.69, 9.17) is 10.4 Å². The number of hydrogen-bond donors (Lipinski definition) is 2. The Balaban J connectivity index is 1.42. The summed E-state index contributed by atoms with van der Waals surface area (Å²) in [5.74, 6) is 2.18. The Hall–Kier alpha value is -3.22. The lowest BCUT2D eigenvalue weighted by molar-refractivity contribution is 0.496. The van der Waals surface area contributed by atoms with E-state index >= 15 is 0 Å². The first-order valence-corrected chi connectivity index (χ1v) is 14.0. The fourth-order valence-electron chi connectivity index (χ4n) is 4.88. The molecule has 0 amide bonds. The quantitative estimate of drug-likeness (QED) is 0.527. The first kappa shape index (κ1) is 24.5. The molecule has 1 aromatic heterocycles. The first-order chi connectivity index (χ1) is 17.6. The van der Waals surface area contributed by atoms with Crippen molar-refractivity contribution >= 4 is 22.3 Å². The molecule has 2 fully saturated rings. The van der Waals surface area contributed by atoms with E-state index in [1.54, 1.807) is 6.07 Å². The van der Waals surface area contributed by atoms with Crippen LogP contribution in [0, 0.1) is 23.1 Å². The smallest absolute Gasteiger partial charge is 0.149 e. The molecule has 188 valence electrons. The number of aromatic nitrogens is 2. The summed E-state index contributed by atoms with van der Waals surface area (Å²) in [7, 11) is -0.717. The van der Waals surface area contributed by atoms with Crippen molar-refractivity contribution in [2.45, 2.75) is 19.3 Å². The molecule has 7 nitrogen and oxygen atoms in total. The van der Waals surface area contributed by atoms with Crippen LogP contribution in [0.5, 0.6) is 0 Å². The first-order valence-electron chi connectivity index (χ1n) is 12.6. The number of nitrogens with zero attached hydrogens (tertiary/aromatic N) is 4. The summed E-state index contributed by atoms with van der Waals surface area (Å²) >= 11 is 0. The van der Waals surface area contributed by atoms with Crippen LogP contribution in [0.4, 0.5) is 15.9 Å². The molecule has 0 bridgehead atoms. The van der Waals surface area contributed by atoms with Gasteiger partial charge in [-0.1, -0.05) is 6.07 Å². The summed E-state index contributed by atoms with van der Waals surface area (Å²) < 4.78 is 28.0. The van der Waals surface area contributed by atoms with Gasteiger partial charge in [0.05, 0.1) is 16.9 Å². The van der Waals surface area contributed by atoms with Crippen LogP contribution < -0.4 is 15.5 Å². The normalized spacial score (nSPS) is 19.0. The van der Waals surface area contributed by atoms with E-state index in [1.165, 1.54) is 25.0 Å². The summed E-state index contributed by atoms with van der Waals surface area (Å²) in [6.45, 7) is 4.53. The molecule has 2 aliphatic heterocycles. The number of halogens is 1. The predicted molar refractivity (Wildman–Crippen MR) is 142 cm³/mol. The van der Waals surface area contributed by atoms with Gasteiger partial charge in [-0.25, -0.2) is 9.07 Å². The molecule has 1 atom stereocenters. The van der Waals surface area contributed by atoms with Gasteiger partial charge in [0, 0.05) is 59.3 Å². The molecule has 5 rings (SSSR count). The standard InChI is InChI=1S/C27H31FN6OS/c28-25-16-21(3-4-22(25)18-29)26-17-27(31-19-20-2-1-10-30-11-9-20)32-34(26)24-7-5-23(6-8-24)33-12-14-36(35)15-13-33/h3-8,16-17,20,30H,1-2,9-15,19H2,(H,31,32). The van der Waals surface area contributed by atoms with Gasteiger partial charge in [-0.15, -0.1) is 5.10 Å². The van der Waals surface area contributed by atoms with Gasteiger partial charge in [0.25, 0.3) is 0 Å². The van der Waals surface area contributed by atoms with Crippen molar-refractivity contribution in [3.63, 3.8) is 0 Å². The van der Waals surface area contributed by atoms with Gasteiger partial charge >= 0.3 is 0 Å². The molecule has 2 saturated heterocycles. The van der Waals surface area contributed by atoms with Crippen molar-refractivity contribution < 1.29 is 8.60 Å². The number of anilines is 2. The highest BCUT2D eigenvalue weighted by Gasteiger charge is 2.18. The molecule has 0 radical (unpaired) electrons. The second-order valence-electron chi connectivity index (χ2n) is 9.41. The zero-order valence-corrected chi connectivity index (χ0v) is 21.1. The monoisotopic (exact) mass is 506 g/mol. The molecule has 9 heteroatoms. The Morgan fingerprint density at radius 1 is 1.08 bits per heavy atom. The average molecular weight is 507 g/mol. The highest BCUT2D eigenvalue weighted by molar-refractivity contribution is 7.85. The van der Waals surface area contributed by atoms with Crippen LogP contribution in [-0.2, 0) is 10.8 Å². The summed E-state index contributed by atoms with van der Waals surface area (Å²) in [6.07, 6.45) is 3.49. The fraction of sp³-hybridized carbons (Fsp3) is 0.407. The van der Waals surface area contributed by atoms with E-state index in [1.807, 2.05) is 29.0 Å². The minimum atomic E-state index is -0.717. The second kappa shape index (κ2) is 11.2. The Morgan fingerprint density at radius 3 is 2.61 bits per heavy atom. The number of rotatable bonds is 6. The number of nitrogens with one attached hydrogen (secondary N) is 2. The van der Waals surface area contributed by atoms with Crippen LogP contribution in [0.3, 0.4) is 0 Å². The maximum atomic E-state index is 14.5. The van der Waals surface area contributed by atoms with Crippen LogP contribution in [0.1, 0.15) is 24.8 Å². The third kappa shape index (κ3) is 5.61. The summed E-state index contributed by atoms with van der Waals surface area (Å²) in [5, 5.41) is 20.9. The van der Waals surface area contributed by atoms with Gasteiger partial charge in [0.2, 0.25) is 0 Å². The van der Waals surface area contributed by atoms with Crippen molar-refractivity contribution in [3.8, 4) is 23.0 Å². The van der Waals surface area contributed by atoms with Gasteiger partial charge in [0.1, 0.15) is 17.7 Å². The van der Waals surface area contributed by atoms with Crippen LogP contribution in [-0.4, -0.2) is 58.2 Å². The Labute approximate surface area is 213 Å². The molecule has 2 N–H and O–H groups in total. The molecule has 0 saturated carbocycles. The third-order valence-corrected chi connectivity index (χ3v) is 8.27. The van der Waals surface area contributed by atoms with Crippen molar-refractivity contribution in [3.05, 3.63) is 59.9 Å². The molecular weight excluding hydrogens is 475 g/mol. The highest BCUT2D eigenvalue weighted by atomic mass is 32.2. The Bertz CT molecular complexity index is 1250. The maximum absolute atomic E-state index is 14.5. The van der Waals surface area contributed by atoms with Gasteiger partial charge in [0.15, 0.2) is 0 Å². The van der Waals surface area contributed by atoms with E-state index in [9.17, 15) is 8.60 Å². The molecule has 1 unspecified atom stereocenters. The van der Waals surface area contributed by atoms with E-state index in [-0.39, 0.29) is 5.56 Å². The number of nitriles is 1. The van der Waals surface area contributed by atoms with Gasteiger partial charge in [-0.05, 0) is 74.7 Å². The molecule has 36 heavy (non-hydrogen) atoms. The fourth-order valence-corrected chi connectivity index (χ4v) is 5.93. The molecule has 2 aliphatic rings. The van der Waals surface area contributed by atoms with Crippen molar-refractivity contribution in [2.24, 2.45) is 5.92 Å². The minimum absolute atomic E-state index is 0.0250. The molecule has 3 aromatic rings. The predicted octanol–water partition coefficient (Wildman–Crippen LogP) is 3.92. The van der Waals surface area contributed by atoms with Crippen molar-refractivity contribution in [2.75, 3.05) is 54.4 Å². The number of benzene rings is 2. The van der Waals surface area contributed by atoms with E-state index < -0.39 is 16.6 Å². The van der Waals surface area contributed by atoms with Crippen molar-refractivity contribution in [1.82, 2.24) is 15.1 Å². The lowest BCUT2D eigenvalue weighted by atomic mass is 10.0. The molecule has 2 aromatic carbocycles. The summed E-state index contributed by atoms with van der Waals surface area (Å²) in [4.78, 5) is 2.25. The summed E-state index contributed by atoms with van der Waals surface area (Å²) in [6, 6.07) is 16.6. The second-order valence-corrected chi connectivity index (χ2v) is 11.1. The molecule has 3 heterocycles. The van der Waals surface area contributed by atoms with Gasteiger partial charge in [-0.2, -0.15) is 5.26 Å². The zero-order chi connectivity index (χ0) is 24.9. The largest absolute Gasteiger partial charge is 0.370 e. The van der Waals surface area contributed by atoms with E-state index in [0.29, 0.717) is 23.0 Å². The van der Waals surface area contributed by atoms with Crippen LogP contribution >= 0.6 is 0 Å². The van der Waals surface area contributed by atoms with Crippen molar-refractivity contribution in [1.29, 1.82) is 5.26 Å². The topological polar surface area (TPSA) is 86.0 Å². The van der Waals surface area contributed by atoms with E-state index in [0.717, 1.165) is 62.0 Å². The maximum Gasteiger partial charge on any atom is 0.149 e. The summed E-state index contributed by atoms with van der Waals surface area (Å²) in [5.41, 5.74) is 3.40. The molecule has 0 aliphatic carbocycles. The molecule has 0 spiro atoms. The lowest BCUT2D eigenvalue weighted by Gasteiger charge is -2.28. The lowest BCUT2D eigenvalue weighted by Crippen LogP contribution is -2.37. The van der Waals surface area contributed by atoms with E-state index in [2.05, 4.69) is 27.7 Å². The number of hydrogen-bond acceptors (Lipinski definition) is 6. The Kier molecular flexibility index (Phi) is 7.63. The van der Waals surface area contributed by atoms with Gasteiger partial charge < -0.3 is 15.5 Å². The Morgan fingerprint density at radius 2 is 1.86 bits per heavy atom. The minimum Gasteiger partial charge on any atom is -0.370 e. The average Bonchev–Trinajstić information content (AvgIpc) is 3.15. The zero-order valence-electron chi connectivity index (χ0n) is 20.3. The highest BCUT2D eigenvalue weighted by Crippen LogP contribution is 2.29. The SMILES string of the molecule is N#Cc1ccc(-c2cc(NCC3CCCNCC3)nn2-c2ccc(N3CCS(=O)CC3)cc2)cc1F. The van der Waals surface area contributed by atoms with Crippen LogP contribution in [0.25, 0.3) is 16.9 Å². The molecular formula is C27H31FN6OS. The third-order valence-electron chi connectivity index (χ3n) is 7.00.